The predicted molar refractivity (Wildman–Crippen MR) is 73.0 cm³/mol. The molecule has 2 nitrogen and oxygen atoms in total. The van der Waals surface area contributed by atoms with Gasteiger partial charge in [-0.05, 0) is 12.3 Å². The van der Waals surface area contributed by atoms with Crippen molar-refractivity contribution in [2.75, 3.05) is 6.61 Å². The van der Waals surface area contributed by atoms with Crippen LogP contribution in [0.3, 0.4) is 0 Å². The van der Waals surface area contributed by atoms with E-state index in [1.165, 1.54) is 32.1 Å². The summed E-state index contributed by atoms with van der Waals surface area (Å²) in [5, 5.41) is 0. The van der Waals surface area contributed by atoms with E-state index < -0.39 is 0 Å². The molecule has 0 saturated carbocycles. The average molecular weight is 242 g/mol. The van der Waals surface area contributed by atoms with Crippen molar-refractivity contribution < 1.29 is 9.53 Å². The van der Waals surface area contributed by atoms with Gasteiger partial charge in [0, 0.05) is 6.42 Å². The molecule has 0 spiro atoms. The normalized spacial score (nSPS) is 10.8. The third kappa shape index (κ3) is 10.3. The van der Waals surface area contributed by atoms with Crippen molar-refractivity contribution in [3.05, 3.63) is 0 Å². The number of unbranched alkanes of at least 4 members (excludes halogenated alkanes) is 5. The molecule has 0 aromatic heterocycles. The van der Waals surface area contributed by atoms with E-state index in [-0.39, 0.29) is 5.97 Å². The summed E-state index contributed by atoms with van der Waals surface area (Å²) >= 11 is 0. The standard InChI is InChI=1S/C15H30O2/c1-4-7-8-9-10-11-12-15(16)17-13-14(5-2)6-3/h14H,4-13H2,1-3H3. The van der Waals surface area contributed by atoms with Crippen LogP contribution in [0.25, 0.3) is 0 Å². The smallest absolute Gasteiger partial charge is 0.305 e. The van der Waals surface area contributed by atoms with E-state index in [9.17, 15) is 4.79 Å². The number of carbonyl (C=O) groups excluding carboxylic acids is 1. The van der Waals surface area contributed by atoms with Crippen molar-refractivity contribution in [1.82, 2.24) is 0 Å². The lowest BCUT2D eigenvalue weighted by molar-refractivity contribution is -0.145. The van der Waals surface area contributed by atoms with E-state index in [0.717, 1.165) is 19.3 Å². The Kier molecular flexibility index (Phi) is 11.6. The molecule has 102 valence electrons. The highest BCUT2D eigenvalue weighted by Gasteiger charge is 2.07. The summed E-state index contributed by atoms with van der Waals surface area (Å²) in [5.41, 5.74) is 0. The first-order valence-electron chi connectivity index (χ1n) is 7.40. The summed E-state index contributed by atoms with van der Waals surface area (Å²) in [6, 6.07) is 0. The van der Waals surface area contributed by atoms with Gasteiger partial charge in [-0.2, -0.15) is 0 Å². The van der Waals surface area contributed by atoms with Gasteiger partial charge in [-0.3, -0.25) is 4.79 Å². The molecular formula is C15H30O2. The molecule has 0 heterocycles. The van der Waals surface area contributed by atoms with Crippen molar-refractivity contribution >= 4 is 5.97 Å². The molecule has 0 bridgehead atoms. The monoisotopic (exact) mass is 242 g/mol. The van der Waals surface area contributed by atoms with E-state index >= 15 is 0 Å². The van der Waals surface area contributed by atoms with Gasteiger partial charge >= 0.3 is 5.97 Å². The number of rotatable bonds is 11. The lowest BCUT2D eigenvalue weighted by atomic mass is 10.1. The molecule has 0 atom stereocenters. The molecule has 17 heavy (non-hydrogen) atoms. The molecule has 0 amide bonds. The second kappa shape index (κ2) is 11.9. The lowest BCUT2D eigenvalue weighted by Gasteiger charge is -2.12. The van der Waals surface area contributed by atoms with Crippen LogP contribution in [-0.2, 0) is 9.53 Å². The molecule has 0 aromatic carbocycles. The Labute approximate surface area is 107 Å². The first-order valence-corrected chi connectivity index (χ1v) is 7.40. The van der Waals surface area contributed by atoms with Crippen LogP contribution in [0.4, 0.5) is 0 Å². The molecular weight excluding hydrogens is 212 g/mol. The van der Waals surface area contributed by atoms with E-state index in [4.69, 9.17) is 4.74 Å². The summed E-state index contributed by atoms with van der Waals surface area (Å²) < 4.78 is 5.27. The Morgan fingerprint density at radius 3 is 2.12 bits per heavy atom. The lowest BCUT2D eigenvalue weighted by Crippen LogP contribution is -2.12. The first kappa shape index (κ1) is 16.5. The van der Waals surface area contributed by atoms with Crippen molar-refractivity contribution in [3.63, 3.8) is 0 Å². The Morgan fingerprint density at radius 1 is 0.941 bits per heavy atom. The molecule has 0 aliphatic rings. The largest absolute Gasteiger partial charge is 0.465 e. The van der Waals surface area contributed by atoms with Crippen molar-refractivity contribution in [2.45, 2.75) is 78.6 Å². The summed E-state index contributed by atoms with van der Waals surface area (Å²) in [5.74, 6) is 0.538. The molecule has 0 N–H and O–H groups in total. The Morgan fingerprint density at radius 2 is 1.53 bits per heavy atom. The molecule has 0 unspecified atom stereocenters. The Balaban J connectivity index is 3.34. The van der Waals surface area contributed by atoms with E-state index in [1.807, 2.05) is 0 Å². The van der Waals surface area contributed by atoms with Gasteiger partial charge in [0.15, 0.2) is 0 Å². The summed E-state index contributed by atoms with van der Waals surface area (Å²) in [6.07, 6.45) is 10.1. The van der Waals surface area contributed by atoms with Crippen LogP contribution >= 0.6 is 0 Å². The van der Waals surface area contributed by atoms with Crippen LogP contribution in [0, 0.1) is 5.92 Å². The highest BCUT2D eigenvalue weighted by Crippen LogP contribution is 2.10. The minimum absolute atomic E-state index is 0.00704. The van der Waals surface area contributed by atoms with Gasteiger partial charge in [0.05, 0.1) is 6.61 Å². The van der Waals surface area contributed by atoms with Gasteiger partial charge in [-0.15, -0.1) is 0 Å². The van der Waals surface area contributed by atoms with Gasteiger partial charge in [0.2, 0.25) is 0 Å². The maximum Gasteiger partial charge on any atom is 0.305 e. The van der Waals surface area contributed by atoms with Crippen LogP contribution in [0.1, 0.15) is 78.6 Å². The molecule has 0 radical (unpaired) electrons. The van der Waals surface area contributed by atoms with E-state index in [0.29, 0.717) is 18.9 Å². The number of esters is 1. The minimum Gasteiger partial charge on any atom is -0.465 e. The fraction of sp³-hybridized carbons (Fsp3) is 0.933. The maximum atomic E-state index is 11.4. The Bertz CT molecular complexity index is 174. The maximum absolute atomic E-state index is 11.4. The third-order valence-electron chi connectivity index (χ3n) is 3.37. The molecule has 0 aromatic rings. The quantitative estimate of drug-likeness (QED) is 0.387. The van der Waals surface area contributed by atoms with Gasteiger partial charge in [-0.25, -0.2) is 0 Å². The van der Waals surface area contributed by atoms with Crippen LogP contribution in [0.2, 0.25) is 0 Å². The Hall–Kier alpha value is -0.530. The summed E-state index contributed by atoms with van der Waals surface area (Å²) in [6.45, 7) is 7.13. The van der Waals surface area contributed by atoms with Crippen molar-refractivity contribution in [3.8, 4) is 0 Å². The summed E-state index contributed by atoms with van der Waals surface area (Å²) in [7, 11) is 0. The van der Waals surface area contributed by atoms with Crippen LogP contribution < -0.4 is 0 Å². The van der Waals surface area contributed by atoms with Gasteiger partial charge < -0.3 is 4.74 Å². The fourth-order valence-corrected chi connectivity index (χ4v) is 1.86. The molecule has 0 fully saturated rings. The molecule has 2 heteroatoms. The van der Waals surface area contributed by atoms with E-state index in [1.54, 1.807) is 0 Å². The number of hydrogen-bond acceptors (Lipinski definition) is 2. The average Bonchev–Trinajstić information content (AvgIpc) is 2.35. The zero-order valence-corrected chi connectivity index (χ0v) is 12.0. The van der Waals surface area contributed by atoms with Crippen LogP contribution in [-0.4, -0.2) is 12.6 Å². The number of hydrogen-bond donors (Lipinski definition) is 0. The molecule has 0 aliphatic carbocycles. The second-order valence-electron chi connectivity index (χ2n) is 4.88. The molecule has 0 saturated heterocycles. The van der Waals surface area contributed by atoms with Crippen molar-refractivity contribution in [2.24, 2.45) is 5.92 Å². The number of carbonyl (C=O) groups is 1. The highest BCUT2D eigenvalue weighted by molar-refractivity contribution is 5.69. The molecule has 0 aliphatic heterocycles. The van der Waals surface area contributed by atoms with Gasteiger partial charge in [-0.1, -0.05) is 65.7 Å². The van der Waals surface area contributed by atoms with E-state index in [2.05, 4.69) is 20.8 Å². The topological polar surface area (TPSA) is 26.3 Å². The van der Waals surface area contributed by atoms with Gasteiger partial charge in [0.1, 0.15) is 0 Å². The van der Waals surface area contributed by atoms with Crippen molar-refractivity contribution in [1.29, 1.82) is 0 Å². The predicted octanol–water partition coefficient (Wildman–Crippen LogP) is 4.72. The summed E-state index contributed by atoms with van der Waals surface area (Å²) in [4.78, 5) is 11.4. The first-order chi connectivity index (χ1) is 8.24. The third-order valence-corrected chi connectivity index (χ3v) is 3.37. The molecule has 0 rings (SSSR count). The SMILES string of the molecule is CCCCCCCCC(=O)OCC(CC)CC. The van der Waals surface area contributed by atoms with Crippen LogP contribution in [0.5, 0.6) is 0 Å². The van der Waals surface area contributed by atoms with Crippen LogP contribution in [0.15, 0.2) is 0 Å². The number of ether oxygens (including phenoxy) is 1. The zero-order chi connectivity index (χ0) is 12.9. The fourth-order valence-electron chi connectivity index (χ4n) is 1.86. The van der Waals surface area contributed by atoms with Gasteiger partial charge in [0.25, 0.3) is 0 Å². The minimum atomic E-state index is -0.00704. The highest BCUT2D eigenvalue weighted by atomic mass is 16.5. The second-order valence-corrected chi connectivity index (χ2v) is 4.88. The zero-order valence-electron chi connectivity index (χ0n) is 12.0.